The lowest BCUT2D eigenvalue weighted by atomic mass is 10.1. The molecule has 1 aromatic carbocycles. The summed E-state index contributed by atoms with van der Waals surface area (Å²) in [4.78, 5) is 24.2. The molecule has 144 valence electrons. The molecule has 0 saturated carbocycles. The second kappa shape index (κ2) is 8.85. The molecular weight excluding hydrogens is 356 g/mol. The van der Waals surface area contributed by atoms with Crippen LogP contribution >= 0.6 is 11.3 Å². The van der Waals surface area contributed by atoms with Gasteiger partial charge in [-0.15, -0.1) is 11.3 Å². The number of thiazole rings is 1. The summed E-state index contributed by atoms with van der Waals surface area (Å²) in [6.07, 6.45) is 4.50. The predicted molar refractivity (Wildman–Crippen MR) is 110 cm³/mol. The highest BCUT2D eigenvalue weighted by Crippen LogP contribution is 2.23. The second-order valence-corrected chi connectivity index (χ2v) is 8.32. The Kier molecular flexibility index (Phi) is 6.04. The average Bonchev–Trinajstić information content (AvgIpc) is 3.18. The van der Waals surface area contributed by atoms with Crippen LogP contribution in [0.5, 0.6) is 0 Å². The van der Waals surface area contributed by atoms with Gasteiger partial charge in [0.2, 0.25) is 5.91 Å². The van der Waals surface area contributed by atoms with Crippen molar-refractivity contribution in [3.8, 4) is 0 Å². The van der Waals surface area contributed by atoms with Crippen LogP contribution in [0.1, 0.15) is 30.5 Å². The zero-order chi connectivity index (χ0) is 18.5. The van der Waals surface area contributed by atoms with Gasteiger partial charge in [0.1, 0.15) is 0 Å². The average molecular weight is 385 g/mol. The molecule has 3 heterocycles. The van der Waals surface area contributed by atoms with E-state index in [1.807, 2.05) is 35.2 Å². The number of nitrogens with zero attached hydrogens (tertiary/aromatic N) is 4. The molecule has 2 aliphatic heterocycles. The Morgan fingerprint density at radius 1 is 0.963 bits per heavy atom. The van der Waals surface area contributed by atoms with E-state index < -0.39 is 0 Å². The molecule has 5 nitrogen and oxygen atoms in total. The minimum atomic E-state index is 0.228. The number of hydrogen-bond donors (Lipinski definition) is 0. The summed E-state index contributed by atoms with van der Waals surface area (Å²) in [6.45, 7) is 6.70. The molecular formula is C21H28N4OS. The Bertz CT molecular complexity index is 734. The lowest BCUT2D eigenvalue weighted by Gasteiger charge is -2.34. The number of carbonyl (C=O) groups excluding carboxylic acids is 1. The predicted octanol–water partition coefficient (Wildman–Crippen LogP) is 3.02. The number of amides is 1. The zero-order valence-corrected chi connectivity index (χ0v) is 16.7. The van der Waals surface area contributed by atoms with Crippen LogP contribution in [0.2, 0.25) is 0 Å². The lowest BCUT2D eigenvalue weighted by molar-refractivity contribution is -0.130. The van der Waals surface area contributed by atoms with E-state index >= 15 is 0 Å². The van der Waals surface area contributed by atoms with Gasteiger partial charge in [0.05, 0.1) is 12.1 Å². The monoisotopic (exact) mass is 384 g/mol. The van der Waals surface area contributed by atoms with Crippen molar-refractivity contribution in [3.63, 3.8) is 0 Å². The normalized spacial score (nSPS) is 18.7. The molecule has 6 heteroatoms. The Labute approximate surface area is 165 Å². The molecule has 2 fully saturated rings. The topological polar surface area (TPSA) is 39.7 Å². The number of carbonyl (C=O) groups is 1. The van der Waals surface area contributed by atoms with Crippen LogP contribution in [0, 0.1) is 0 Å². The first kappa shape index (κ1) is 18.4. The number of aromatic nitrogens is 1. The van der Waals surface area contributed by atoms with E-state index in [1.54, 1.807) is 11.3 Å². The first-order valence-corrected chi connectivity index (χ1v) is 10.9. The summed E-state index contributed by atoms with van der Waals surface area (Å²) in [5, 5.41) is 3.31. The maximum atomic E-state index is 12.5. The molecule has 0 unspecified atom stereocenters. The largest absolute Gasteiger partial charge is 0.345 e. The third-order valence-corrected chi connectivity index (χ3v) is 6.43. The van der Waals surface area contributed by atoms with Crippen molar-refractivity contribution in [3.05, 3.63) is 47.0 Å². The molecule has 1 aromatic heterocycles. The van der Waals surface area contributed by atoms with Gasteiger partial charge in [0.25, 0.3) is 0 Å². The zero-order valence-electron chi connectivity index (χ0n) is 15.8. The van der Waals surface area contributed by atoms with E-state index in [9.17, 15) is 4.79 Å². The molecule has 0 aliphatic carbocycles. The van der Waals surface area contributed by atoms with Gasteiger partial charge in [-0.05, 0) is 31.5 Å². The third kappa shape index (κ3) is 4.87. The van der Waals surface area contributed by atoms with Crippen LogP contribution in [0.3, 0.4) is 0 Å². The van der Waals surface area contributed by atoms with E-state index in [-0.39, 0.29) is 5.91 Å². The molecule has 27 heavy (non-hydrogen) atoms. The fourth-order valence-corrected chi connectivity index (χ4v) is 4.76. The molecule has 2 aromatic rings. The van der Waals surface area contributed by atoms with E-state index in [4.69, 9.17) is 4.98 Å². The van der Waals surface area contributed by atoms with Crippen LogP contribution in [-0.2, 0) is 17.8 Å². The van der Waals surface area contributed by atoms with Crippen LogP contribution in [-0.4, -0.2) is 60.0 Å². The number of piperazine rings is 1. The maximum absolute atomic E-state index is 12.5. The third-order valence-electron chi connectivity index (χ3n) is 5.47. The Morgan fingerprint density at radius 2 is 1.70 bits per heavy atom. The van der Waals surface area contributed by atoms with Crippen molar-refractivity contribution in [2.24, 2.45) is 0 Å². The first-order chi connectivity index (χ1) is 13.3. The summed E-state index contributed by atoms with van der Waals surface area (Å²) in [6, 6.07) is 10.0. The highest BCUT2D eigenvalue weighted by molar-refractivity contribution is 7.13. The van der Waals surface area contributed by atoms with Crippen LogP contribution in [0.25, 0.3) is 0 Å². The molecule has 0 N–H and O–H groups in total. The standard InChI is InChI=1S/C21H28N4OS/c26-20(15-18-7-3-1-4-8-18)24-11-13-25(14-12-24)21-22-19(17-27-21)16-23-9-5-2-6-10-23/h1,3-4,7-8,17H,2,5-6,9-16H2. The van der Waals surface area contributed by atoms with Crippen molar-refractivity contribution in [1.82, 2.24) is 14.8 Å². The number of likely N-dealkylation sites (tertiary alicyclic amines) is 1. The van der Waals surface area contributed by atoms with Crippen molar-refractivity contribution in [2.75, 3.05) is 44.2 Å². The van der Waals surface area contributed by atoms with Crippen LogP contribution in [0.15, 0.2) is 35.7 Å². The fourth-order valence-electron chi connectivity index (χ4n) is 3.89. The van der Waals surface area contributed by atoms with Gasteiger partial charge in [-0.25, -0.2) is 4.98 Å². The van der Waals surface area contributed by atoms with Crippen molar-refractivity contribution in [2.45, 2.75) is 32.2 Å². The molecule has 0 bridgehead atoms. The SMILES string of the molecule is O=C(Cc1ccccc1)N1CCN(c2nc(CN3CCCCC3)cs2)CC1. The van der Waals surface area contributed by atoms with Crippen LogP contribution in [0.4, 0.5) is 5.13 Å². The molecule has 0 atom stereocenters. The van der Waals surface area contributed by atoms with E-state index in [1.165, 1.54) is 38.0 Å². The van der Waals surface area contributed by atoms with Gasteiger partial charge >= 0.3 is 0 Å². The molecule has 2 saturated heterocycles. The highest BCUT2D eigenvalue weighted by Gasteiger charge is 2.23. The van der Waals surface area contributed by atoms with Gasteiger partial charge in [0.15, 0.2) is 5.13 Å². The summed E-state index contributed by atoms with van der Waals surface area (Å²) in [7, 11) is 0. The van der Waals surface area contributed by atoms with Crippen molar-refractivity contribution >= 4 is 22.4 Å². The first-order valence-electron chi connectivity index (χ1n) is 10.0. The number of piperidine rings is 1. The van der Waals surface area contributed by atoms with Gasteiger partial charge in [-0.3, -0.25) is 9.69 Å². The Morgan fingerprint density at radius 3 is 2.44 bits per heavy atom. The molecule has 2 aliphatic rings. The number of hydrogen-bond acceptors (Lipinski definition) is 5. The Hall–Kier alpha value is -1.92. The van der Waals surface area contributed by atoms with Gasteiger partial charge in [0, 0.05) is 38.1 Å². The van der Waals surface area contributed by atoms with Crippen molar-refractivity contribution < 1.29 is 4.79 Å². The summed E-state index contributed by atoms with van der Waals surface area (Å²) in [5.41, 5.74) is 2.28. The van der Waals surface area contributed by atoms with E-state index in [2.05, 4.69) is 15.2 Å². The Balaban J connectivity index is 1.27. The minimum absolute atomic E-state index is 0.228. The molecule has 0 spiro atoms. The van der Waals surface area contributed by atoms with Gasteiger partial charge < -0.3 is 9.80 Å². The van der Waals surface area contributed by atoms with Crippen LogP contribution < -0.4 is 4.90 Å². The van der Waals surface area contributed by atoms with Gasteiger partial charge in [-0.1, -0.05) is 36.8 Å². The quantitative estimate of drug-likeness (QED) is 0.794. The molecule has 4 rings (SSSR count). The smallest absolute Gasteiger partial charge is 0.227 e. The number of anilines is 1. The number of benzene rings is 1. The van der Waals surface area contributed by atoms with E-state index in [0.717, 1.165) is 43.4 Å². The summed E-state index contributed by atoms with van der Waals surface area (Å²) >= 11 is 1.74. The van der Waals surface area contributed by atoms with Crippen molar-refractivity contribution in [1.29, 1.82) is 0 Å². The summed E-state index contributed by atoms with van der Waals surface area (Å²) in [5.74, 6) is 0.228. The maximum Gasteiger partial charge on any atom is 0.227 e. The second-order valence-electron chi connectivity index (χ2n) is 7.49. The molecule has 0 radical (unpaired) electrons. The lowest BCUT2D eigenvalue weighted by Crippen LogP contribution is -2.49. The van der Waals surface area contributed by atoms with E-state index in [0.29, 0.717) is 6.42 Å². The van der Waals surface area contributed by atoms with Gasteiger partial charge in [-0.2, -0.15) is 0 Å². The minimum Gasteiger partial charge on any atom is -0.345 e. The molecule has 1 amide bonds. The summed E-state index contributed by atoms with van der Waals surface area (Å²) < 4.78 is 0. The number of rotatable bonds is 5. The fraction of sp³-hybridized carbons (Fsp3) is 0.524. The highest BCUT2D eigenvalue weighted by atomic mass is 32.1.